The molecule has 0 amide bonds. The standard InChI is InChI=1S/C15H23NSi/c1-17(2,14-16-11-6-7-12-16)13-10-15-8-4-3-5-9-15/h3-5,8-10,13H,6-7,11-12,14H2,1-2H3/b13-10+. The van der Waals surface area contributed by atoms with Crippen LogP contribution in [0.4, 0.5) is 0 Å². The topological polar surface area (TPSA) is 3.24 Å². The minimum Gasteiger partial charge on any atom is -0.306 e. The second-order valence-electron chi connectivity index (χ2n) is 5.72. The van der Waals surface area contributed by atoms with Crippen LogP contribution in [0.2, 0.25) is 13.1 Å². The molecule has 0 atom stereocenters. The maximum Gasteiger partial charge on any atom is 0.0861 e. The fourth-order valence-electron chi connectivity index (χ4n) is 2.46. The number of hydrogen-bond acceptors (Lipinski definition) is 1. The molecular weight excluding hydrogens is 222 g/mol. The van der Waals surface area contributed by atoms with Crippen molar-refractivity contribution in [3.63, 3.8) is 0 Å². The lowest BCUT2D eigenvalue weighted by atomic mass is 10.2. The van der Waals surface area contributed by atoms with Crippen molar-refractivity contribution in [1.82, 2.24) is 4.90 Å². The molecule has 0 saturated carbocycles. The van der Waals surface area contributed by atoms with Crippen molar-refractivity contribution in [2.24, 2.45) is 0 Å². The quantitative estimate of drug-likeness (QED) is 0.733. The Labute approximate surface area is 106 Å². The van der Waals surface area contributed by atoms with Crippen molar-refractivity contribution in [3.8, 4) is 0 Å². The highest BCUT2D eigenvalue weighted by Gasteiger charge is 2.22. The van der Waals surface area contributed by atoms with E-state index in [0.29, 0.717) is 0 Å². The molecule has 1 aromatic carbocycles. The van der Waals surface area contributed by atoms with E-state index in [1.165, 1.54) is 37.7 Å². The van der Waals surface area contributed by atoms with Crippen molar-refractivity contribution < 1.29 is 0 Å². The predicted octanol–water partition coefficient (Wildman–Crippen LogP) is 3.58. The van der Waals surface area contributed by atoms with Crippen molar-refractivity contribution >= 4 is 14.1 Å². The third-order valence-corrected chi connectivity index (χ3v) is 5.69. The first kappa shape index (κ1) is 12.6. The fraction of sp³-hybridized carbons (Fsp3) is 0.467. The highest BCUT2D eigenvalue weighted by Crippen LogP contribution is 2.14. The van der Waals surface area contributed by atoms with E-state index < -0.39 is 8.07 Å². The molecule has 2 heteroatoms. The van der Waals surface area contributed by atoms with Gasteiger partial charge >= 0.3 is 0 Å². The first-order valence-electron chi connectivity index (χ1n) is 6.62. The molecular formula is C15H23NSi. The number of likely N-dealkylation sites (tertiary alicyclic amines) is 1. The van der Waals surface area contributed by atoms with Gasteiger partial charge in [0.15, 0.2) is 0 Å². The average molecular weight is 245 g/mol. The van der Waals surface area contributed by atoms with Gasteiger partial charge in [-0.05, 0) is 37.7 Å². The van der Waals surface area contributed by atoms with Gasteiger partial charge in [-0.15, -0.1) is 0 Å². The van der Waals surface area contributed by atoms with Crippen LogP contribution in [-0.2, 0) is 0 Å². The summed E-state index contributed by atoms with van der Waals surface area (Å²) in [4.78, 5) is 2.64. The van der Waals surface area contributed by atoms with Crippen molar-refractivity contribution in [3.05, 3.63) is 41.6 Å². The third-order valence-electron chi connectivity index (χ3n) is 3.36. The van der Waals surface area contributed by atoms with Gasteiger partial charge in [0.1, 0.15) is 0 Å². The molecule has 0 spiro atoms. The van der Waals surface area contributed by atoms with E-state index in [4.69, 9.17) is 0 Å². The summed E-state index contributed by atoms with van der Waals surface area (Å²) in [5.74, 6) is 0. The molecule has 0 radical (unpaired) electrons. The lowest BCUT2D eigenvalue weighted by molar-refractivity contribution is 0.390. The SMILES string of the molecule is C[Si](C)(/C=C/c1ccccc1)CN1CCCC1. The lowest BCUT2D eigenvalue weighted by Gasteiger charge is -2.25. The minimum absolute atomic E-state index is 1.21. The first-order valence-corrected chi connectivity index (χ1v) is 9.91. The Morgan fingerprint density at radius 1 is 1.12 bits per heavy atom. The Hall–Kier alpha value is -0.863. The molecule has 0 aliphatic carbocycles. The molecule has 1 heterocycles. The van der Waals surface area contributed by atoms with Crippen LogP contribution < -0.4 is 0 Å². The van der Waals surface area contributed by atoms with Crippen LogP contribution in [-0.4, -0.2) is 32.2 Å². The molecule has 0 N–H and O–H groups in total. The average Bonchev–Trinajstić information content (AvgIpc) is 2.80. The van der Waals surface area contributed by atoms with Gasteiger partial charge in [-0.25, -0.2) is 0 Å². The lowest BCUT2D eigenvalue weighted by Crippen LogP contribution is -2.39. The van der Waals surface area contributed by atoms with E-state index in [1.54, 1.807) is 0 Å². The van der Waals surface area contributed by atoms with Gasteiger partial charge in [0.05, 0.1) is 8.07 Å². The Bertz CT molecular complexity index is 364. The van der Waals surface area contributed by atoms with Gasteiger partial charge in [0.2, 0.25) is 0 Å². The Morgan fingerprint density at radius 3 is 2.41 bits per heavy atom. The predicted molar refractivity (Wildman–Crippen MR) is 78.6 cm³/mol. The highest BCUT2D eigenvalue weighted by molar-refractivity contribution is 6.82. The van der Waals surface area contributed by atoms with Crippen molar-refractivity contribution in [2.75, 3.05) is 19.3 Å². The summed E-state index contributed by atoms with van der Waals surface area (Å²) in [7, 11) is -1.21. The van der Waals surface area contributed by atoms with Gasteiger partial charge in [-0.3, -0.25) is 0 Å². The minimum atomic E-state index is -1.21. The Morgan fingerprint density at radius 2 is 1.76 bits per heavy atom. The van der Waals surface area contributed by atoms with Crippen molar-refractivity contribution in [2.45, 2.75) is 25.9 Å². The summed E-state index contributed by atoms with van der Waals surface area (Å²) in [5, 5.41) is 0. The second kappa shape index (κ2) is 5.65. The number of nitrogens with zero attached hydrogens (tertiary/aromatic N) is 1. The van der Waals surface area contributed by atoms with Crippen LogP contribution in [0.25, 0.3) is 6.08 Å². The molecule has 1 fully saturated rings. The summed E-state index contributed by atoms with van der Waals surface area (Å²) < 4.78 is 0. The van der Waals surface area contributed by atoms with E-state index in [2.05, 4.69) is 60.1 Å². The Balaban J connectivity index is 1.93. The van der Waals surface area contributed by atoms with Crippen LogP contribution >= 0.6 is 0 Å². The van der Waals surface area contributed by atoms with Gasteiger partial charge in [0, 0.05) is 0 Å². The van der Waals surface area contributed by atoms with Crippen LogP contribution in [0.15, 0.2) is 36.0 Å². The summed E-state index contributed by atoms with van der Waals surface area (Å²) in [6.45, 7) is 7.56. The smallest absolute Gasteiger partial charge is 0.0861 e. The largest absolute Gasteiger partial charge is 0.306 e. The van der Waals surface area contributed by atoms with E-state index in [9.17, 15) is 0 Å². The molecule has 0 aromatic heterocycles. The molecule has 1 aromatic rings. The number of benzene rings is 1. The molecule has 1 aliphatic rings. The van der Waals surface area contributed by atoms with Gasteiger partial charge in [-0.1, -0.05) is 55.2 Å². The maximum atomic E-state index is 2.64. The molecule has 92 valence electrons. The zero-order valence-electron chi connectivity index (χ0n) is 11.0. The van der Waals surface area contributed by atoms with Crippen LogP contribution in [0.1, 0.15) is 18.4 Å². The monoisotopic (exact) mass is 245 g/mol. The highest BCUT2D eigenvalue weighted by atomic mass is 28.3. The number of hydrogen-bond donors (Lipinski definition) is 0. The third kappa shape index (κ3) is 4.13. The summed E-state index contributed by atoms with van der Waals surface area (Å²) in [5.41, 5.74) is 3.81. The van der Waals surface area contributed by atoms with Gasteiger partial charge < -0.3 is 4.90 Å². The first-order chi connectivity index (χ1) is 8.16. The normalized spacial score (nSPS) is 18.0. The zero-order chi connectivity index (χ0) is 12.1. The molecule has 1 aliphatic heterocycles. The van der Waals surface area contributed by atoms with Gasteiger partial charge in [-0.2, -0.15) is 0 Å². The van der Waals surface area contributed by atoms with Crippen LogP contribution in [0.3, 0.4) is 0 Å². The number of rotatable bonds is 4. The molecule has 17 heavy (non-hydrogen) atoms. The maximum absolute atomic E-state index is 2.64. The Kier molecular flexibility index (Phi) is 4.19. The van der Waals surface area contributed by atoms with E-state index in [-0.39, 0.29) is 0 Å². The van der Waals surface area contributed by atoms with Crippen LogP contribution in [0.5, 0.6) is 0 Å². The van der Waals surface area contributed by atoms with E-state index in [0.717, 1.165) is 0 Å². The summed E-state index contributed by atoms with van der Waals surface area (Å²) >= 11 is 0. The fourth-order valence-corrected chi connectivity index (χ4v) is 4.67. The summed E-state index contributed by atoms with van der Waals surface area (Å²) in [6, 6.07) is 10.6. The van der Waals surface area contributed by atoms with E-state index in [1.807, 2.05) is 0 Å². The summed E-state index contributed by atoms with van der Waals surface area (Å²) in [6.07, 6.45) is 6.42. The van der Waals surface area contributed by atoms with Crippen molar-refractivity contribution in [1.29, 1.82) is 0 Å². The zero-order valence-corrected chi connectivity index (χ0v) is 12.0. The molecule has 1 nitrogen and oxygen atoms in total. The molecule has 0 unspecified atom stereocenters. The van der Waals surface area contributed by atoms with Crippen LogP contribution in [0, 0.1) is 0 Å². The second-order valence-corrected chi connectivity index (χ2v) is 10.3. The molecule has 1 saturated heterocycles. The van der Waals surface area contributed by atoms with E-state index >= 15 is 0 Å². The molecule has 0 bridgehead atoms. The van der Waals surface area contributed by atoms with Gasteiger partial charge in [0.25, 0.3) is 0 Å². The molecule has 2 rings (SSSR count).